The zero-order valence-corrected chi connectivity index (χ0v) is 16.0. The molecule has 0 aromatic heterocycles. The first kappa shape index (κ1) is 21.1. The Kier molecular flexibility index (Phi) is 6.55. The SMILES string of the molecule is CC(=O)Oc1ccc(C(=O)N(C(C)C)[C@@H]2CCCN(C(=O)O)C2)cc1[N+](=O)[O-]. The van der Waals surface area contributed by atoms with Crippen molar-refractivity contribution in [2.45, 2.75) is 45.7 Å². The molecule has 1 aromatic rings. The molecule has 1 aliphatic heterocycles. The van der Waals surface area contributed by atoms with Gasteiger partial charge in [0, 0.05) is 37.7 Å². The van der Waals surface area contributed by atoms with E-state index >= 15 is 0 Å². The molecule has 1 aliphatic rings. The lowest BCUT2D eigenvalue weighted by molar-refractivity contribution is -0.385. The van der Waals surface area contributed by atoms with Crippen LogP contribution in [-0.4, -0.2) is 63.0 Å². The minimum absolute atomic E-state index is 0.0729. The number of hydrogen-bond acceptors (Lipinski definition) is 6. The number of likely N-dealkylation sites (tertiary alicyclic amines) is 1. The molecule has 0 bridgehead atoms. The van der Waals surface area contributed by atoms with Gasteiger partial charge in [-0.25, -0.2) is 4.79 Å². The van der Waals surface area contributed by atoms with E-state index in [4.69, 9.17) is 4.74 Å². The van der Waals surface area contributed by atoms with Crippen LogP contribution in [0.1, 0.15) is 44.0 Å². The summed E-state index contributed by atoms with van der Waals surface area (Å²) in [6.45, 7) is 5.33. The third-order valence-electron chi connectivity index (χ3n) is 4.51. The molecular weight excluding hydrogens is 370 g/mol. The quantitative estimate of drug-likeness (QED) is 0.352. The van der Waals surface area contributed by atoms with E-state index in [9.17, 15) is 29.6 Å². The second-order valence-corrected chi connectivity index (χ2v) is 6.86. The maximum atomic E-state index is 13.1. The molecule has 1 atom stereocenters. The summed E-state index contributed by atoms with van der Waals surface area (Å²) in [5, 5.41) is 20.6. The van der Waals surface area contributed by atoms with Crippen molar-refractivity contribution in [1.29, 1.82) is 0 Å². The largest absolute Gasteiger partial charge is 0.465 e. The Morgan fingerprint density at radius 2 is 2.04 bits per heavy atom. The van der Waals surface area contributed by atoms with Crippen molar-refractivity contribution < 1.29 is 29.2 Å². The number of hydrogen-bond donors (Lipinski definition) is 1. The molecule has 1 heterocycles. The van der Waals surface area contributed by atoms with Crippen molar-refractivity contribution in [3.05, 3.63) is 33.9 Å². The van der Waals surface area contributed by atoms with Gasteiger partial charge in [0.1, 0.15) is 0 Å². The number of carboxylic acid groups (broad SMARTS) is 1. The van der Waals surface area contributed by atoms with E-state index in [-0.39, 0.29) is 29.9 Å². The number of carbonyl (C=O) groups excluding carboxylic acids is 2. The van der Waals surface area contributed by atoms with E-state index in [0.717, 1.165) is 13.0 Å². The molecule has 10 nitrogen and oxygen atoms in total. The van der Waals surface area contributed by atoms with Crippen LogP contribution in [-0.2, 0) is 4.79 Å². The molecule has 1 N–H and O–H groups in total. The van der Waals surface area contributed by atoms with Crippen LogP contribution in [0.25, 0.3) is 0 Å². The number of esters is 1. The van der Waals surface area contributed by atoms with E-state index in [1.807, 2.05) is 0 Å². The molecule has 0 radical (unpaired) electrons. The second kappa shape index (κ2) is 8.68. The van der Waals surface area contributed by atoms with Crippen molar-refractivity contribution in [2.24, 2.45) is 0 Å². The summed E-state index contributed by atoms with van der Waals surface area (Å²) in [4.78, 5) is 48.9. The van der Waals surface area contributed by atoms with Gasteiger partial charge in [0.05, 0.1) is 11.0 Å². The fraction of sp³-hybridized carbons (Fsp3) is 0.500. The van der Waals surface area contributed by atoms with Crippen molar-refractivity contribution in [3.8, 4) is 5.75 Å². The van der Waals surface area contributed by atoms with Crippen LogP contribution in [0.5, 0.6) is 5.75 Å². The number of amides is 2. The number of ether oxygens (including phenoxy) is 1. The smallest absolute Gasteiger partial charge is 0.407 e. The molecule has 0 aliphatic carbocycles. The number of rotatable bonds is 5. The fourth-order valence-electron chi connectivity index (χ4n) is 3.36. The predicted molar refractivity (Wildman–Crippen MR) is 98.3 cm³/mol. The predicted octanol–water partition coefficient (Wildman–Crippen LogP) is 2.51. The summed E-state index contributed by atoms with van der Waals surface area (Å²) in [7, 11) is 0. The third kappa shape index (κ3) is 4.76. The molecule has 28 heavy (non-hydrogen) atoms. The van der Waals surface area contributed by atoms with Gasteiger partial charge in [-0.3, -0.25) is 19.7 Å². The fourth-order valence-corrected chi connectivity index (χ4v) is 3.36. The standard InChI is InChI=1S/C18H23N3O7/c1-11(2)20(14-5-4-8-19(10-14)18(24)25)17(23)13-6-7-16(28-12(3)22)15(9-13)21(26)27/h6-7,9,11,14H,4-5,8,10H2,1-3H3,(H,24,25)/t14-/m1/s1. The number of benzene rings is 1. The lowest BCUT2D eigenvalue weighted by Gasteiger charge is -2.40. The third-order valence-corrected chi connectivity index (χ3v) is 4.51. The highest BCUT2D eigenvalue weighted by Gasteiger charge is 2.33. The van der Waals surface area contributed by atoms with Gasteiger partial charge in [-0.2, -0.15) is 0 Å². The molecule has 10 heteroatoms. The molecule has 152 valence electrons. The normalized spacial score (nSPS) is 16.6. The number of carbonyl (C=O) groups is 3. The highest BCUT2D eigenvalue weighted by Crippen LogP contribution is 2.30. The van der Waals surface area contributed by atoms with Gasteiger partial charge in [0.2, 0.25) is 5.75 Å². The Hall–Kier alpha value is -3.17. The number of piperidine rings is 1. The Morgan fingerprint density at radius 3 is 2.57 bits per heavy atom. The van der Waals surface area contributed by atoms with Gasteiger partial charge >= 0.3 is 17.7 Å². The van der Waals surface area contributed by atoms with Gasteiger partial charge in [-0.05, 0) is 38.8 Å². The van der Waals surface area contributed by atoms with Gasteiger partial charge < -0.3 is 19.6 Å². The van der Waals surface area contributed by atoms with E-state index in [1.54, 1.807) is 18.7 Å². The minimum atomic E-state index is -1.04. The first-order valence-corrected chi connectivity index (χ1v) is 8.89. The van der Waals surface area contributed by atoms with Crippen LogP contribution in [0, 0.1) is 10.1 Å². The second-order valence-electron chi connectivity index (χ2n) is 6.86. The monoisotopic (exact) mass is 393 g/mol. The topological polar surface area (TPSA) is 130 Å². The van der Waals surface area contributed by atoms with Gasteiger partial charge in [-0.15, -0.1) is 0 Å². The summed E-state index contributed by atoms with van der Waals surface area (Å²) < 4.78 is 4.83. The van der Waals surface area contributed by atoms with Crippen LogP contribution in [0.15, 0.2) is 18.2 Å². The first-order valence-electron chi connectivity index (χ1n) is 8.89. The van der Waals surface area contributed by atoms with E-state index < -0.39 is 28.6 Å². The maximum absolute atomic E-state index is 13.1. The summed E-state index contributed by atoms with van der Waals surface area (Å²) >= 11 is 0. The van der Waals surface area contributed by atoms with E-state index in [2.05, 4.69) is 0 Å². The number of nitro groups is 1. The Bertz CT molecular complexity index is 793. The van der Waals surface area contributed by atoms with Gasteiger partial charge in [0.25, 0.3) is 5.91 Å². The molecule has 0 spiro atoms. The Labute approximate surface area is 161 Å². The summed E-state index contributed by atoms with van der Waals surface area (Å²) in [6, 6.07) is 3.09. The zero-order chi connectivity index (χ0) is 21.0. The van der Waals surface area contributed by atoms with Crippen LogP contribution < -0.4 is 4.74 Å². The molecule has 1 fully saturated rings. The molecule has 2 amide bonds. The van der Waals surface area contributed by atoms with Crippen LogP contribution in [0.4, 0.5) is 10.5 Å². The zero-order valence-electron chi connectivity index (χ0n) is 16.0. The lowest BCUT2D eigenvalue weighted by atomic mass is 10.0. The van der Waals surface area contributed by atoms with Crippen molar-refractivity contribution in [1.82, 2.24) is 9.80 Å². The minimum Gasteiger partial charge on any atom is -0.465 e. The van der Waals surface area contributed by atoms with E-state index in [1.165, 1.54) is 17.0 Å². The molecule has 1 saturated heterocycles. The average molecular weight is 393 g/mol. The van der Waals surface area contributed by atoms with Crippen molar-refractivity contribution in [2.75, 3.05) is 13.1 Å². The molecule has 0 saturated carbocycles. The highest BCUT2D eigenvalue weighted by molar-refractivity contribution is 5.95. The van der Waals surface area contributed by atoms with E-state index in [0.29, 0.717) is 19.4 Å². The van der Waals surface area contributed by atoms with Crippen LogP contribution in [0.2, 0.25) is 0 Å². The molecule has 0 unspecified atom stereocenters. The van der Waals surface area contributed by atoms with Crippen LogP contribution in [0.3, 0.4) is 0 Å². The molecular formula is C18H23N3O7. The summed E-state index contributed by atoms with van der Waals surface area (Å²) in [5.41, 5.74) is -0.413. The van der Waals surface area contributed by atoms with Gasteiger partial charge in [0.15, 0.2) is 0 Å². The van der Waals surface area contributed by atoms with Crippen molar-refractivity contribution >= 4 is 23.7 Å². The van der Waals surface area contributed by atoms with Crippen LogP contribution >= 0.6 is 0 Å². The number of nitro benzene ring substituents is 1. The van der Waals surface area contributed by atoms with Gasteiger partial charge in [-0.1, -0.05) is 0 Å². The summed E-state index contributed by atoms with van der Waals surface area (Å²) in [5.74, 6) is -1.38. The summed E-state index contributed by atoms with van der Waals surface area (Å²) in [6.07, 6.45) is 0.225. The lowest BCUT2D eigenvalue weighted by Crippen LogP contribution is -2.53. The maximum Gasteiger partial charge on any atom is 0.407 e. The molecule has 2 rings (SSSR count). The highest BCUT2D eigenvalue weighted by atomic mass is 16.6. The Balaban J connectivity index is 2.35. The average Bonchev–Trinajstić information content (AvgIpc) is 2.61. The number of nitrogens with zero attached hydrogens (tertiary/aromatic N) is 3. The molecule has 1 aromatic carbocycles. The Morgan fingerprint density at radius 1 is 1.36 bits per heavy atom. The van der Waals surface area contributed by atoms with Crippen molar-refractivity contribution in [3.63, 3.8) is 0 Å². The first-order chi connectivity index (χ1) is 13.1.